The number of benzene rings is 2. The van der Waals surface area contributed by atoms with Crippen LogP contribution >= 0.6 is 28.1 Å². The smallest absolute Gasteiger partial charge is 0.292 e. The molecule has 154 valence electrons. The molecular weight excluding hydrogens is 458 g/mol. The lowest BCUT2D eigenvalue weighted by atomic mass is 10.1. The van der Waals surface area contributed by atoms with E-state index in [1.807, 2.05) is 0 Å². The van der Waals surface area contributed by atoms with Crippen LogP contribution in [-0.4, -0.2) is 22.5 Å². The Balaban J connectivity index is 2.13. The number of rotatable bonds is 7. The maximum atomic E-state index is 12.7. The second-order valence-corrected chi connectivity index (χ2v) is 8.18. The van der Waals surface area contributed by atoms with Crippen LogP contribution in [-0.2, 0) is 0 Å². The number of hydrogen-bond donors (Lipinski definition) is 2. The third-order valence-corrected chi connectivity index (χ3v) is 4.66. The predicted octanol–water partition coefficient (Wildman–Crippen LogP) is 5.22. The van der Waals surface area contributed by atoms with Crippen molar-refractivity contribution in [1.82, 2.24) is 5.32 Å². The van der Waals surface area contributed by atoms with Gasteiger partial charge in [0.25, 0.3) is 11.6 Å². The first-order valence-corrected chi connectivity index (χ1v) is 10.2. The molecule has 0 unspecified atom stereocenters. The van der Waals surface area contributed by atoms with Crippen molar-refractivity contribution < 1.29 is 14.5 Å². The van der Waals surface area contributed by atoms with E-state index in [9.17, 15) is 14.9 Å². The number of nitro groups is 1. The van der Waals surface area contributed by atoms with Gasteiger partial charge in [0.15, 0.2) is 5.11 Å². The lowest BCUT2D eigenvalue weighted by molar-refractivity contribution is -0.383. The fourth-order valence-electron chi connectivity index (χ4n) is 2.43. The van der Waals surface area contributed by atoms with Crippen molar-refractivity contribution in [2.75, 3.05) is 11.9 Å². The van der Waals surface area contributed by atoms with E-state index in [0.29, 0.717) is 28.3 Å². The summed E-state index contributed by atoms with van der Waals surface area (Å²) in [6.07, 6.45) is 0.855. The molecule has 0 fully saturated rings. The number of thiocarbonyl (C=S) groups is 1. The molecule has 2 aromatic carbocycles. The summed E-state index contributed by atoms with van der Waals surface area (Å²) in [5.41, 5.74) is 1.13. The molecule has 0 aliphatic rings. The molecule has 0 aromatic heterocycles. The Morgan fingerprint density at radius 1 is 1.28 bits per heavy atom. The van der Waals surface area contributed by atoms with Gasteiger partial charge in [-0.2, -0.15) is 0 Å². The van der Waals surface area contributed by atoms with Gasteiger partial charge in [-0.25, -0.2) is 0 Å². The monoisotopic (exact) mass is 479 g/mol. The van der Waals surface area contributed by atoms with Crippen LogP contribution in [0.3, 0.4) is 0 Å². The number of halogens is 1. The average molecular weight is 480 g/mol. The molecule has 9 heteroatoms. The number of ether oxygens (including phenoxy) is 1. The molecule has 2 N–H and O–H groups in total. The molecular formula is C20H22BrN3O4S. The van der Waals surface area contributed by atoms with Gasteiger partial charge in [-0.05, 0) is 61.3 Å². The fourth-order valence-corrected chi connectivity index (χ4v) is 3.00. The minimum atomic E-state index is -0.505. The van der Waals surface area contributed by atoms with Gasteiger partial charge in [0.05, 0.1) is 17.1 Å². The van der Waals surface area contributed by atoms with Gasteiger partial charge < -0.3 is 10.1 Å². The zero-order chi connectivity index (χ0) is 21.6. The number of carbonyl (C=O) groups excluding carboxylic acids is 1. The molecule has 0 radical (unpaired) electrons. The van der Waals surface area contributed by atoms with Gasteiger partial charge >= 0.3 is 0 Å². The van der Waals surface area contributed by atoms with E-state index in [-0.39, 0.29) is 16.5 Å². The molecule has 2 rings (SSSR count). The van der Waals surface area contributed by atoms with Crippen LogP contribution in [0.1, 0.15) is 36.2 Å². The standard InChI is InChI=1S/C20H22BrN3O4S/c1-12(2)8-9-28-18-7-5-14(21)11-15(18)19(25)23-20(29)22-16-6-4-13(3)10-17(16)24(26)27/h4-7,10-12H,8-9H2,1-3H3,(H2,22,23,25,29). The summed E-state index contributed by atoms with van der Waals surface area (Å²) in [6.45, 7) is 6.42. The summed E-state index contributed by atoms with van der Waals surface area (Å²) < 4.78 is 6.47. The zero-order valence-corrected chi connectivity index (χ0v) is 18.7. The SMILES string of the molecule is Cc1ccc(NC(=S)NC(=O)c2cc(Br)ccc2OCCC(C)C)c([N+](=O)[O-])c1. The number of anilines is 1. The highest BCUT2D eigenvalue weighted by atomic mass is 79.9. The molecule has 7 nitrogen and oxygen atoms in total. The van der Waals surface area contributed by atoms with Crippen molar-refractivity contribution in [2.45, 2.75) is 27.2 Å². The molecule has 0 saturated heterocycles. The second kappa shape index (κ2) is 10.3. The van der Waals surface area contributed by atoms with Crippen molar-refractivity contribution in [1.29, 1.82) is 0 Å². The largest absolute Gasteiger partial charge is 0.493 e. The van der Waals surface area contributed by atoms with Crippen LogP contribution in [0.5, 0.6) is 5.75 Å². The Morgan fingerprint density at radius 3 is 2.66 bits per heavy atom. The molecule has 0 saturated carbocycles. The summed E-state index contributed by atoms with van der Waals surface area (Å²) in [7, 11) is 0. The summed E-state index contributed by atoms with van der Waals surface area (Å²) in [5.74, 6) is 0.443. The number of nitro benzene ring substituents is 1. The topological polar surface area (TPSA) is 93.5 Å². The van der Waals surface area contributed by atoms with E-state index in [1.165, 1.54) is 6.07 Å². The Labute approximate surface area is 183 Å². The van der Waals surface area contributed by atoms with Crippen LogP contribution in [0.15, 0.2) is 40.9 Å². The molecule has 2 aromatic rings. The van der Waals surface area contributed by atoms with Crippen molar-refractivity contribution in [2.24, 2.45) is 5.92 Å². The summed E-state index contributed by atoms with van der Waals surface area (Å²) in [4.78, 5) is 23.5. The molecule has 0 bridgehead atoms. The van der Waals surface area contributed by atoms with Crippen LogP contribution in [0, 0.1) is 23.0 Å². The van der Waals surface area contributed by atoms with Crippen molar-refractivity contribution in [3.05, 3.63) is 62.1 Å². The molecule has 1 amide bonds. The summed E-state index contributed by atoms with van der Waals surface area (Å²) in [6, 6.07) is 9.83. The molecule has 0 aliphatic heterocycles. The van der Waals surface area contributed by atoms with Gasteiger partial charge in [-0.3, -0.25) is 20.2 Å². The number of hydrogen-bond acceptors (Lipinski definition) is 5. The molecule has 0 aliphatic carbocycles. The van der Waals surface area contributed by atoms with Gasteiger partial charge in [-0.1, -0.05) is 35.8 Å². The highest BCUT2D eigenvalue weighted by Gasteiger charge is 2.18. The first kappa shape index (κ1) is 22.8. The third kappa shape index (κ3) is 6.79. The fraction of sp³-hybridized carbons (Fsp3) is 0.300. The van der Waals surface area contributed by atoms with E-state index in [0.717, 1.165) is 12.0 Å². The lowest BCUT2D eigenvalue weighted by Crippen LogP contribution is -2.34. The Kier molecular flexibility index (Phi) is 8.10. The number of nitrogens with one attached hydrogen (secondary N) is 2. The first-order valence-electron chi connectivity index (χ1n) is 8.97. The predicted molar refractivity (Wildman–Crippen MR) is 121 cm³/mol. The van der Waals surface area contributed by atoms with Gasteiger partial charge in [0.2, 0.25) is 0 Å². The van der Waals surface area contributed by atoms with Crippen molar-refractivity contribution >= 4 is 50.5 Å². The highest BCUT2D eigenvalue weighted by Crippen LogP contribution is 2.26. The van der Waals surface area contributed by atoms with E-state index in [4.69, 9.17) is 17.0 Å². The van der Waals surface area contributed by atoms with E-state index >= 15 is 0 Å². The Hall–Kier alpha value is -2.52. The molecule has 0 atom stereocenters. The zero-order valence-electron chi connectivity index (χ0n) is 16.3. The maximum absolute atomic E-state index is 12.7. The van der Waals surface area contributed by atoms with Crippen LogP contribution in [0.2, 0.25) is 0 Å². The normalized spacial score (nSPS) is 10.5. The number of carbonyl (C=O) groups is 1. The van der Waals surface area contributed by atoms with Crippen molar-refractivity contribution in [3.63, 3.8) is 0 Å². The van der Waals surface area contributed by atoms with Crippen LogP contribution in [0.25, 0.3) is 0 Å². The summed E-state index contributed by atoms with van der Waals surface area (Å²) in [5, 5.41) is 16.5. The molecule has 0 spiro atoms. The van der Waals surface area contributed by atoms with Gasteiger partial charge in [-0.15, -0.1) is 0 Å². The number of amides is 1. The Bertz CT molecular complexity index is 934. The molecule has 29 heavy (non-hydrogen) atoms. The molecule has 0 heterocycles. The van der Waals surface area contributed by atoms with E-state index in [2.05, 4.69) is 40.4 Å². The van der Waals surface area contributed by atoms with E-state index in [1.54, 1.807) is 37.3 Å². The van der Waals surface area contributed by atoms with E-state index < -0.39 is 10.8 Å². The lowest BCUT2D eigenvalue weighted by Gasteiger charge is -2.14. The minimum absolute atomic E-state index is 0.0462. The van der Waals surface area contributed by atoms with Gasteiger partial charge in [0, 0.05) is 10.5 Å². The number of aryl methyl sites for hydroxylation is 1. The first-order chi connectivity index (χ1) is 13.7. The van der Waals surface area contributed by atoms with Crippen LogP contribution < -0.4 is 15.4 Å². The average Bonchev–Trinajstić information content (AvgIpc) is 2.63. The van der Waals surface area contributed by atoms with Crippen molar-refractivity contribution in [3.8, 4) is 5.75 Å². The second-order valence-electron chi connectivity index (χ2n) is 6.86. The Morgan fingerprint density at radius 2 is 2.00 bits per heavy atom. The summed E-state index contributed by atoms with van der Waals surface area (Å²) >= 11 is 8.52. The number of nitrogens with zero attached hydrogens (tertiary/aromatic N) is 1. The quantitative estimate of drug-likeness (QED) is 0.321. The minimum Gasteiger partial charge on any atom is -0.493 e. The van der Waals surface area contributed by atoms with Gasteiger partial charge in [0.1, 0.15) is 11.4 Å². The highest BCUT2D eigenvalue weighted by molar-refractivity contribution is 9.10. The van der Waals surface area contributed by atoms with Crippen LogP contribution in [0.4, 0.5) is 11.4 Å². The maximum Gasteiger partial charge on any atom is 0.292 e. The third-order valence-electron chi connectivity index (χ3n) is 3.96.